The number of nitrogens with zero attached hydrogens (tertiary/aromatic N) is 2. The molecule has 3 rings (SSSR count). The molecule has 1 aromatic carbocycles. The van der Waals surface area contributed by atoms with Gasteiger partial charge in [0.2, 0.25) is 0 Å². The van der Waals surface area contributed by atoms with Gasteiger partial charge in [-0.25, -0.2) is 23.1 Å². The predicted octanol–water partition coefficient (Wildman–Crippen LogP) is 4.64. The number of alkyl halides is 2. The van der Waals surface area contributed by atoms with E-state index in [1.165, 1.54) is 12.1 Å². The highest BCUT2D eigenvalue weighted by Crippen LogP contribution is 2.30. The highest BCUT2D eigenvalue weighted by molar-refractivity contribution is 9.10. The van der Waals surface area contributed by atoms with Crippen LogP contribution in [0.5, 0.6) is 0 Å². The van der Waals surface area contributed by atoms with E-state index in [9.17, 15) is 18.0 Å². The fourth-order valence-electron chi connectivity index (χ4n) is 2.69. The number of hydrogen-bond acceptors (Lipinski definition) is 4. The van der Waals surface area contributed by atoms with Gasteiger partial charge in [-0.15, -0.1) is 0 Å². The first-order chi connectivity index (χ1) is 12.3. The zero-order chi connectivity index (χ0) is 19.0. The summed E-state index contributed by atoms with van der Waals surface area (Å²) in [5.74, 6) is -0.299. The third kappa shape index (κ3) is 3.44. The van der Waals surface area contributed by atoms with E-state index in [0.29, 0.717) is 21.6 Å². The molecule has 0 amide bonds. The maximum Gasteiger partial charge on any atom is 0.275 e. The first-order valence-corrected chi connectivity index (χ1v) is 8.47. The Morgan fingerprint density at radius 2 is 1.92 bits per heavy atom. The van der Waals surface area contributed by atoms with E-state index in [4.69, 9.17) is 0 Å². The second-order valence-corrected chi connectivity index (χ2v) is 6.60. The van der Waals surface area contributed by atoms with Gasteiger partial charge in [-0.1, -0.05) is 18.2 Å². The van der Waals surface area contributed by atoms with Crippen LogP contribution < -0.4 is 10.9 Å². The third-order valence-electron chi connectivity index (χ3n) is 3.89. The Labute approximate surface area is 154 Å². The van der Waals surface area contributed by atoms with E-state index in [1.54, 1.807) is 19.9 Å². The molecule has 1 atom stereocenters. The number of nitrogens with one attached hydrogen (secondary N) is 2. The lowest BCUT2D eigenvalue weighted by Gasteiger charge is -2.18. The van der Waals surface area contributed by atoms with Crippen molar-refractivity contribution in [2.45, 2.75) is 26.3 Å². The van der Waals surface area contributed by atoms with Crippen LogP contribution in [-0.2, 0) is 0 Å². The average molecular weight is 427 g/mol. The first kappa shape index (κ1) is 18.4. The van der Waals surface area contributed by atoms with Gasteiger partial charge in [0.05, 0.1) is 21.6 Å². The molecule has 0 aliphatic carbocycles. The zero-order valence-corrected chi connectivity index (χ0v) is 15.4. The number of H-pyrrole nitrogens is 1. The second-order valence-electron chi connectivity index (χ2n) is 5.75. The summed E-state index contributed by atoms with van der Waals surface area (Å²) in [5, 5.41) is 3.43. The van der Waals surface area contributed by atoms with Gasteiger partial charge in [0, 0.05) is 5.56 Å². The minimum Gasteiger partial charge on any atom is -0.363 e. The van der Waals surface area contributed by atoms with E-state index in [0.717, 1.165) is 6.07 Å². The molecule has 9 heteroatoms. The molecule has 26 heavy (non-hydrogen) atoms. The first-order valence-electron chi connectivity index (χ1n) is 7.68. The molecule has 0 spiro atoms. The fraction of sp³-hybridized carbons (Fsp3) is 0.235. The minimum atomic E-state index is -2.90. The summed E-state index contributed by atoms with van der Waals surface area (Å²) in [7, 11) is 0. The molecule has 3 aromatic rings. The molecule has 0 aliphatic heterocycles. The molecule has 136 valence electrons. The van der Waals surface area contributed by atoms with Crippen molar-refractivity contribution in [2.24, 2.45) is 0 Å². The summed E-state index contributed by atoms with van der Waals surface area (Å²) in [6.45, 7) is 3.24. The second kappa shape index (κ2) is 7.06. The largest absolute Gasteiger partial charge is 0.363 e. The topological polar surface area (TPSA) is 70.7 Å². The minimum absolute atomic E-state index is 0.0797. The summed E-state index contributed by atoms with van der Waals surface area (Å²) >= 11 is 3.20. The van der Waals surface area contributed by atoms with Gasteiger partial charge in [0.1, 0.15) is 23.0 Å². The molecule has 2 heterocycles. The Morgan fingerprint density at radius 3 is 2.62 bits per heavy atom. The number of aryl methyl sites for hydroxylation is 1. The van der Waals surface area contributed by atoms with Crippen molar-refractivity contribution in [3.05, 3.63) is 62.0 Å². The van der Waals surface area contributed by atoms with E-state index < -0.39 is 29.4 Å². The van der Waals surface area contributed by atoms with Gasteiger partial charge in [0.25, 0.3) is 12.0 Å². The number of pyridine rings is 1. The monoisotopic (exact) mass is 426 g/mol. The van der Waals surface area contributed by atoms with E-state index in [2.05, 4.69) is 36.2 Å². The quantitative estimate of drug-likeness (QED) is 0.596. The summed E-state index contributed by atoms with van der Waals surface area (Å²) in [4.78, 5) is 23.1. The molecule has 2 N–H and O–H groups in total. The van der Waals surface area contributed by atoms with Crippen molar-refractivity contribution < 1.29 is 13.2 Å². The van der Waals surface area contributed by atoms with Gasteiger partial charge in [-0.05, 0) is 35.8 Å². The summed E-state index contributed by atoms with van der Waals surface area (Å²) in [5.41, 5.74) is -0.797. The van der Waals surface area contributed by atoms with Crippen molar-refractivity contribution in [1.29, 1.82) is 0 Å². The molecule has 0 bridgehead atoms. The Kier molecular flexibility index (Phi) is 4.99. The lowest BCUT2D eigenvalue weighted by molar-refractivity contribution is 0.146. The summed E-state index contributed by atoms with van der Waals surface area (Å²) in [6, 6.07) is 4.82. The van der Waals surface area contributed by atoms with Crippen LogP contribution in [0.2, 0.25) is 0 Å². The SMILES string of the molecule is Cc1nc(N[C@H](C)c2cccc(C(F)F)c2F)c2cc(Br)[nH]c(=O)c2n1. The maximum absolute atomic E-state index is 14.4. The molecule has 2 aromatic heterocycles. The maximum atomic E-state index is 14.4. The number of anilines is 1. The molecule has 0 fully saturated rings. The lowest BCUT2D eigenvalue weighted by atomic mass is 10.0. The van der Waals surface area contributed by atoms with E-state index in [-0.39, 0.29) is 11.1 Å². The smallest absolute Gasteiger partial charge is 0.275 e. The van der Waals surface area contributed by atoms with Crippen molar-refractivity contribution in [3.8, 4) is 0 Å². The van der Waals surface area contributed by atoms with Gasteiger partial charge < -0.3 is 10.3 Å². The van der Waals surface area contributed by atoms with Crippen LogP contribution in [0.3, 0.4) is 0 Å². The highest BCUT2D eigenvalue weighted by Gasteiger charge is 2.20. The standard InChI is InChI=1S/C17H14BrF3N4O/c1-7(9-4-3-5-10(13(9)19)15(20)21)22-16-11-6-12(18)25-17(26)14(11)23-8(2)24-16/h3-7,15H,1-2H3,(H,25,26)(H,22,23,24)/t7-/m1/s1. The van der Waals surface area contributed by atoms with Crippen LogP contribution in [0.4, 0.5) is 19.0 Å². The number of fused-ring (bicyclic) bond motifs is 1. The fourth-order valence-corrected chi connectivity index (χ4v) is 3.09. The Balaban J connectivity index is 2.07. The molecule has 0 unspecified atom stereocenters. The van der Waals surface area contributed by atoms with Gasteiger partial charge in [-0.2, -0.15) is 0 Å². The predicted molar refractivity (Wildman–Crippen MR) is 96.0 cm³/mol. The van der Waals surface area contributed by atoms with E-state index in [1.807, 2.05) is 0 Å². The van der Waals surface area contributed by atoms with Gasteiger partial charge in [-0.3, -0.25) is 4.79 Å². The number of benzene rings is 1. The van der Waals surface area contributed by atoms with Crippen LogP contribution >= 0.6 is 15.9 Å². The van der Waals surface area contributed by atoms with Crippen LogP contribution in [0.15, 0.2) is 33.7 Å². The van der Waals surface area contributed by atoms with Crippen molar-refractivity contribution in [3.63, 3.8) is 0 Å². The normalized spacial score (nSPS) is 12.6. The van der Waals surface area contributed by atoms with Gasteiger partial charge >= 0.3 is 0 Å². The molecule has 5 nitrogen and oxygen atoms in total. The summed E-state index contributed by atoms with van der Waals surface area (Å²) in [6.07, 6.45) is -2.90. The number of hydrogen-bond donors (Lipinski definition) is 2. The van der Waals surface area contributed by atoms with Crippen LogP contribution in [0, 0.1) is 12.7 Å². The Bertz CT molecular complexity index is 1040. The van der Waals surface area contributed by atoms with Crippen molar-refractivity contribution in [1.82, 2.24) is 15.0 Å². The molecule has 0 saturated heterocycles. The van der Waals surface area contributed by atoms with Crippen molar-refractivity contribution >= 4 is 32.7 Å². The third-order valence-corrected chi connectivity index (χ3v) is 4.32. The van der Waals surface area contributed by atoms with E-state index >= 15 is 0 Å². The number of rotatable bonds is 4. The zero-order valence-electron chi connectivity index (χ0n) is 13.8. The highest BCUT2D eigenvalue weighted by atomic mass is 79.9. The Hall–Kier alpha value is -2.42. The number of aromatic amines is 1. The molecule has 0 radical (unpaired) electrons. The van der Waals surface area contributed by atoms with Gasteiger partial charge in [0.15, 0.2) is 0 Å². The van der Waals surface area contributed by atoms with Crippen LogP contribution in [0.25, 0.3) is 10.9 Å². The number of halogens is 4. The Morgan fingerprint density at radius 1 is 1.23 bits per heavy atom. The van der Waals surface area contributed by atoms with Crippen molar-refractivity contribution in [2.75, 3.05) is 5.32 Å². The average Bonchev–Trinajstić information content (AvgIpc) is 2.55. The summed E-state index contributed by atoms with van der Waals surface area (Å²) < 4.78 is 40.7. The van der Waals surface area contributed by atoms with Crippen LogP contribution in [0.1, 0.15) is 36.3 Å². The number of aromatic nitrogens is 3. The van der Waals surface area contributed by atoms with Crippen LogP contribution in [-0.4, -0.2) is 15.0 Å². The molecular formula is C17H14BrF3N4O. The molecule has 0 aliphatic rings. The lowest BCUT2D eigenvalue weighted by Crippen LogP contribution is -2.15. The molecule has 0 saturated carbocycles. The molecular weight excluding hydrogens is 413 g/mol.